The smallest absolute Gasteiger partial charge is 0.330 e. The van der Waals surface area contributed by atoms with E-state index < -0.39 is 66.3 Å². The number of urea groups is 1. The molecule has 1 aliphatic heterocycles. The quantitative estimate of drug-likeness (QED) is 0.229. The third kappa shape index (κ3) is 6.67. The number of pyridine rings is 1. The van der Waals surface area contributed by atoms with E-state index in [0.29, 0.717) is 5.56 Å². The molecule has 1 aromatic heterocycles. The summed E-state index contributed by atoms with van der Waals surface area (Å²) in [6.07, 6.45) is 2.07. The molecule has 2 heterocycles. The van der Waals surface area contributed by atoms with Gasteiger partial charge in [0.25, 0.3) is 5.91 Å². The molecule has 4 rings (SSSR count). The van der Waals surface area contributed by atoms with Gasteiger partial charge in [-0.3, -0.25) is 29.1 Å². The van der Waals surface area contributed by atoms with E-state index in [2.05, 4.69) is 15.6 Å². The predicted molar refractivity (Wildman–Crippen MR) is 150 cm³/mol. The Morgan fingerprint density at radius 2 is 1.49 bits per heavy atom. The van der Waals surface area contributed by atoms with E-state index in [1.165, 1.54) is 29.4 Å². The van der Waals surface area contributed by atoms with E-state index in [1.807, 2.05) is 0 Å². The number of amides is 5. The summed E-state index contributed by atoms with van der Waals surface area (Å²) in [5.74, 6) is -5.61. The average molecular weight is 588 g/mol. The number of aliphatic carboxylic acids is 2. The molecular weight excluding hydrogens is 558 g/mol. The fourth-order valence-electron chi connectivity index (χ4n) is 4.83. The minimum atomic E-state index is -1.70. The molecule has 1 fully saturated rings. The first-order chi connectivity index (χ1) is 20.5. The lowest BCUT2D eigenvalue weighted by Crippen LogP contribution is -2.52. The Labute approximate surface area is 246 Å². The van der Waals surface area contributed by atoms with Crippen LogP contribution < -0.4 is 10.6 Å². The highest BCUT2D eigenvalue weighted by Gasteiger charge is 2.55. The zero-order valence-electron chi connectivity index (χ0n) is 23.0. The van der Waals surface area contributed by atoms with E-state index in [-0.39, 0.29) is 12.1 Å². The first-order valence-electron chi connectivity index (χ1n) is 13.2. The summed E-state index contributed by atoms with van der Waals surface area (Å²) in [5, 5.41) is 23.5. The number of imide groups is 1. The summed E-state index contributed by atoms with van der Waals surface area (Å²) >= 11 is 0. The average Bonchev–Trinajstić information content (AvgIpc) is 3.17. The summed E-state index contributed by atoms with van der Waals surface area (Å²) in [6.45, 7) is 0.788. The van der Waals surface area contributed by atoms with Crippen LogP contribution in [-0.4, -0.2) is 73.3 Å². The maximum Gasteiger partial charge on any atom is 0.330 e. The number of nitrogens with zero attached hydrogens (tertiary/aromatic N) is 3. The topological polar surface area (TPSA) is 186 Å². The number of rotatable bonds is 12. The molecular formula is C30H29N5O8. The van der Waals surface area contributed by atoms with Crippen molar-refractivity contribution in [1.29, 1.82) is 0 Å². The Kier molecular flexibility index (Phi) is 9.14. The third-order valence-corrected chi connectivity index (χ3v) is 7.09. The maximum atomic E-state index is 13.8. The van der Waals surface area contributed by atoms with Gasteiger partial charge in [-0.05, 0) is 35.7 Å². The molecule has 1 aliphatic rings. The van der Waals surface area contributed by atoms with Gasteiger partial charge in [-0.2, -0.15) is 0 Å². The van der Waals surface area contributed by atoms with Crippen molar-refractivity contribution in [3.8, 4) is 0 Å². The second kappa shape index (κ2) is 12.9. The SMILES string of the molecule is CC1(c2ccncc2)C(=O)N(CC(=O)NC(CC(=O)O)C(=O)NC(C(=O)O)c2ccccc2)C(=O)N1Cc1ccccc1. The summed E-state index contributed by atoms with van der Waals surface area (Å²) < 4.78 is 0. The molecule has 13 heteroatoms. The van der Waals surface area contributed by atoms with Crippen LogP contribution in [-0.2, 0) is 36.1 Å². The van der Waals surface area contributed by atoms with Gasteiger partial charge in [0, 0.05) is 18.9 Å². The van der Waals surface area contributed by atoms with Gasteiger partial charge in [0.15, 0.2) is 6.04 Å². The number of carboxylic acid groups (broad SMARTS) is 2. The van der Waals surface area contributed by atoms with Gasteiger partial charge in [-0.1, -0.05) is 60.7 Å². The fourth-order valence-corrected chi connectivity index (χ4v) is 4.83. The first-order valence-corrected chi connectivity index (χ1v) is 13.2. The molecule has 3 atom stereocenters. The molecule has 43 heavy (non-hydrogen) atoms. The van der Waals surface area contributed by atoms with Gasteiger partial charge in [-0.25, -0.2) is 9.59 Å². The van der Waals surface area contributed by atoms with Crippen LogP contribution in [0.5, 0.6) is 0 Å². The van der Waals surface area contributed by atoms with Crippen LogP contribution in [0.4, 0.5) is 4.79 Å². The normalized spacial score (nSPS) is 17.7. The van der Waals surface area contributed by atoms with E-state index in [9.17, 15) is 39.0 Å². The lowest BCUT2D eigenvalue weighted by Gasteiger charge is -2.32. The van der Waals surface area contributed by atoms with Crippen LogP contribution in [0.25, 0.3) is 0 Å². The highest BCUT2D eigenvalue weighted by Crippen LogP contribution is 2.38. The predicted octanol–water partition coefficient (Wildman–Crippen LogP) is 1.66. The fraction of sp³-hybridized carbons (Fsp3) is 0.233. The summed E-state index contributed by atoms with van der Waals surface area (Å²) in [5.41, 5.74) is -0.0764. The van der Waals surface area contributed by atoms with Crippen molar-refractivity contribution in [2.24, 2.45) is 0 Å². The number of carbonyl (C=O) groups is 6. The molecule has 0 bridgehead atoms. The number of nitrogens with one attached hydrogen (secondary N) is 2. The second-order valence-electron chi connectivity index (χ2n) is 9.96. The number of carboxylic acids is 2. The molecule has 0 radical (unpaired) electrons. The van der Waals surface area contributed by atoms with Crippen LogP contribution in [0.2, 0.25) is 0 Å². The molecule has 0 aliphatic carbocycles. The lowest BCUT2D eigenvalue weighted by atomic mass is 9.90. The molecule has 3 aromatic rings. The van der Waals surface area contributed by atoms with Gasteiger partial charge >= 0.3 is 18.0 Å². The Hall–Kier alpha value is -5.59. The number of aromatic nitrogens is 1. The molecule has 222 valence electrons. The van der Waals surface area contributed by atoms with E-state index >= 15 is 0 Å². The zero-order valence-corrected chi connectivity index (χ0v) is 23.0. The van der Waals surface area contributed by atoms with Crippen molar-refractivity contribution in [3.63, 3.8) is 0 Å². The molecule has 13 nitrogen and oxygen atoms in total. The number of benzene rings is 2. The van der Waals surface area contributed by atoms with Crippen LogP contribution in [0.15, 0.2) is 85.2 Å². The van der Waals surface area contributed by atoms with Crippen molar-refractivity contribution in [3.05, 3.63) is 102 Å². The van der Waals surface area contributed by atoms with Crippen LogP contribution >= 0.6 is 0 Å². The monoisotopic (exact) mass is 587 g/mol. The van der Waals surface area contributed by atoms with Crippen LogP contribution in [0.3, 0.4) is 0 Å². The molecule has 2 aromatic carbocycles. The standard InChI is InChI=1S/C30H29N5O8/c1-30(21-12-14-31-15-13-21)28(42)34(29(43)35(30)17-19-8-4-2-5-9-19)18-23(36)32-22(16-24(37)38)26(39)33-25(27(40)41)20-10-6-3-7-11-20/h2-15,22,25H,16-18H2,1H3,(H,32,36)(H,33,39)(H,37,38)(H,40,41). The molecule has 0 saturated carbocycles. The number of hydrogen-bond donors (Lipinski definition) is 4. The second-order valence-corrected chi connectivity index (χ2v) is 9.96. The minimum absolute atomic E-state index is 0.0441. The van der Waals surface area contributed by atoms with Gasteiger partial charge in [-0.15, -0.1) is 0 Å². The Morgan fingerprint density at radius 3 is 2.07 bits per heavy atom. The Bertz CT molecular complexity index is 1520. The minimum Gasteiger partial charge on any atom is -0.481 e. The molecule has 4 N–H and O–H groups in total. The molecule has 1 saturated heterocycles. The lowest BCUT2D eigenvalue weighted by molar-refractivity contribution is -0.144. The van der Waals surface area contributed by atoms with Gasteiger partial charge in [0.1, 0.15) is 18.1 Å². The number of carbonyl (C=O) groups excluding carboxylic acids is 4. The molecule has 0 spiro atoms. The zero-order chi connectivity index (χ0) is 31.1. The Morgan fingerprint density at radius 1 is 0.884 bits per heavy atom. The summed E-state index contributed by atoms with van der Waals surface area (Å²) in [4.78, 5) is 82.9. The number of hydrogen-bond acceptors (Lipinski definition) is 7. The van der Waals surface area contributed by atoms with E-state index in [0.717, 1.165) is 10.5 Å². The summed E-state index contributed by atoms with van der Waals surface area (Å²) in [7, 11) is 0. The highest BCUT2D eigenvalue weighted by atomic mass is 16.4. The van der Waals surface area contributed by atoms with Crippen molar-refractivity contribution in [2.75, 3.05) is 6.54 Å². The van der Waals surface area contributed by atoms with E-state index in [1.54, 1.807) is 67.6 Å². The molecule has 5 amide bonds. The van der Waals surface area contributed by atoms with Crippen LogP contribution in [0, 0.1) is 0 Å². The van der Waals surface area contributed by atoms with Crippen LogP contribution in [0.1, 0.15) is 36.1 Å². The summed E-state index contributed by atoms with van der Waals surface area (Å²) in [6, 6.07) is 15.9. The highest BCUT2D eigenvalue weighted by molar-refractivity contribution is 6.09. The van der Waals surface area contributed by atoms with Gasteiger partial charge in [0.2, 0.25) is 11.8 Å². The first kappa shape index (κ1) is 30.4. The van der Waals surface area contributed by atoms with Crippen molar-refractivity contribution in [2.45, 2.75) is 37.5 Å². The van der Waals surface area contributed by atoms with Gasteiger partial charge < -0.3 is 25.7 Å². The molecule has 3 unspecified atom stereocenters. The largest absolute Gasteiger partial charge is 0.481 e. The van der Waals surface area contributed by atoms with Crippen molar-refractivity contribution >= 4 is 35.7 Å². The van der Waals surface area contributed by atoms with E-state index in [4.69, 9.17) is 0 Å². The maximum absolute atomic E-state index is 13.8. The Balaban J connectivity index is 1.55. The van der Waals surface area contributed by atoms with Gasteiger partial charge in [0.05, 0.1) is 6.42 Å². The van der Waals surface area contributed by atoms with Crippen molar-refractivity contribution in [1.82, 2.24) is 25.4 Å². The third-order valence-electron chi connectivity index (χ3n) is 7.09. The van der Waals surface area contributed by atoms with Crippen molar-refractivity contribution < 1.29 is 39.0 Å².